The van der Waals surface area contributed by atoms with Gasteiger partial charge < -0.3 is 4.74 Å². The van der Waals surface area contributed by atoms with Crippen LogP contribution in [-0.4, -0.2) is 40.2 Å². The van der Waals surface area contributed by atoms with Crippen molar-refractivity contribution in [1.29, 1.82) is 0 Å². The Bertz CT molecular complexity index is 311. The van der Waals surface area contributed by atoms with E-state index < -0.39 is 28.3 Å². The van der Waals surface area contributed by atoms with E-state index in [4.69, 9.17) is 0 Å². The molecule has 1 heterocycles. The first kappa shape index (κ1) is 12.7. The number of alkyl halides is 3. The zero-order valence-corrected chi connectivity index (χ0v) is 8.77. The first-order chi connectivity index (χ1) is 6.68. The molecule has 0 saturated carbocycles. The van der Waals surface area contributed by atoms with Crippen molar-refractivity contribution >= 4 is 10.1 Å². The van der Waals surface area contributed by atoms with Gasteiger partial charge in [-0.25, -0.2) is 0 Å². The lowest BCUT2D eigenvalue weighted by molar-refractivity contribution is -0.206. The molecular formula is C7H11F3O4S. The predicted octanol–water partition coefficient (Wildman–Crippen LogP) is 0.930. The van der Waals surface area contributed by atoms with Crippen molar-refractivity contribution < 1.29 is 30.5 Å². The van der Waals surface area contributed by atoms with E-state index in [1.165, 1.54) is 0 Å². The first-order valence-corrected chi connectivity index (χ1v) is 6.03. The minimum atomic E-state index is -4.39. The van der Waals surface area contributed by atoms with Crippen LogP contribution >= 0.6 is 0 Å². The molecule has 2 unspecified atom stereocenters. The van der Waals surface area contributed by atoms with Gasteiger partial charge in [-0.2, -0.15) is 21.6 Å². The van der Waals surface area contributed by atoms with Gasteiger partial charge in [0.2, 0.25) is 0 Å². The van der Waals surface area contributed by atoms with Crippen LogP contribution in [0.25, 0.3) is 0 Å². The fraction of sp³-hybridized carbons (Fsp3) is 1.00. The average Bonchev–Trinajstić information content (AvgIpc) is 2.45. The number of halogens is 3. The Morgan fingerprint density at radius 3 is 2.47 bits per heavy atom. The van der Waals surface area contributed by atoms with Crippen LogP contribution in [0.2, 0.25) is 0 Å². The molecule has 0 radical (unpaired) electrons. The Morgan fingerprint density at radius 1 is 1.47 bits per heavy atom. The molecule has 0 aromatic carbocycles. The third-order valence-electron chi connectivity index (χ3n) is 1.96. The molecule has 15 heavy (non-hydrogen) atoms. The Balaban J connectivity index is 2.38. The van der Waals surface area contributed by atoms with Gasteiger partial charge in [0.05, 0.1) is 19.5 Å². The lowest BCUT2D eigenvalue weighted by atomic mass is 10.1. The Labute approximate surface area is 85.5 Å². The van der Waals surface area contributed by atoms with E-state index in [-0.39, 0.29) is 19.6 Å². The molecule has 1 rings (SSSR count). The highest BCUT2D eigenvalue weighted by molar-refractivity contribution is 7.85. The molecule has 1 saturated heterocycles. The highest BCUT2D eigenvalue weighted by Gasteiger charge is 2.45. The third-order valence-corrected chi connectivity index (χ3v) is 2.53. The van der Waals surface area contributed by atoms with Crippen LogP contribution in [0.15, 0.2) is 0 Å². The molecule has 1 aliphatic rings. The molecule has 0 N–H and O–H groups in total. The molecule has 0 aromatic rings. The molecular weight excluding hydrogens is 237 g/mol. The van der Waals surface area contributed by atoms with E-state index in [1.807, 2.05) is 0 Å². The van der Waals surface area contributed by atoms with Crippen molar-refractivity contribution in [2.24, 2.45) is 5.92 Å². The zero-order valence-electron chi connectivity index (χ0n) is 7.95. The van der Waals surface area contributed by atoms with Gasteiger partial charge in [-0.3, -0.25) is 4.18 Å². The zero-order chi connectivity index (χ0) is 11.7. The van der Waals surface area contributed by atoms with E-state index >= 15 is 0 Å². The summed E-state index contributed by atoms with van der Waals surface area (Å²) in [5.74, 6) is -0.522. The van der Waals surface area contributed by atoms with Crippen LogP contribution < -0.4 is 0 Å². The van der Waals surface area contributed by atoms with Gasteiger partial charge in [0.25, 0.3) is 10.1 Å². The molecule has 0 bridgehead atoms. The summed E-state index contributed by atoms with van der Waals surface area (Å²) in [5, 5.41) is 0. The summed E-state index contributed by atoms with van der Waals surface area (Å²) < 4.78 is 66.4. The smallest absolute Gasteiger partial charge is 0.368 e. The Kier molecular flexibility index (Phi) is 3.62. The highest BCUT2D eigenvalue weighted by Crippen LogP contribution is 2.33. The molecule has 0 aromatic heterocycles. The number of hydrogen-bond donors (Lipinski definition) is 0. The van der Waals surface area contributed by atoms with Gasteiger partial charge in [-0.1, -0.05) is 0 Å². The molecule has 0 amide bonds. The van der Waals surface area contributed by atoms with Crippen molar-refractivity contribution in [3.05, 3.63) is 0 Å². The molecule has 0 aliphatic carbocycles. The van der Waals surface area contributed by atoms with Crippen molar-refractivity contribution in [2.75, 3.05) is 19.5 Å². The normalized spacial score (nSPS) is 28.3. The second-order valence-corrected chi connectivity index (χ2v) is 5.10. The average molecular weight is 248 g/mol. The monoisotopic (exact) mass is 248 g/mol. The molecule has 1 aliphatic heterocycles. The Hall–Kier alpha value is -0.340. The van der Waals surface area contributed by atoms with Gasteiger partial charge in [-0.15, -0.1) is 0 Å². The van der Waals surface area contributed by atoms with Gasteiger partial charge >= 0.3 is 6.18 Å². The van der Waals surface area contributed by atoms with E-state index in [1.54, 1.807) is 0 Å². The summed E-state index contributed by atoms with van der Waals surface area (Å²) in [6.07, 6.45) is -5.59. The maximum atomic E-state index is 12.1. The van der Waals surface area contributed by atoms with Gasteiger partial charge in [-0.05, 0) is 6.42 Å². The SMILES string of the molecule is CS(=O)(=O)OCC1COC(C(F)(F)F)C1. The summed E-state index contributed by atoms with van der Waals surface area (Å²) in [6, 6.07) is 0. The van der Waals surface area contributed by atoms with Crippen LogP contribution in [0.4, 0.5) is 13.2 Å². The summed E-state index contributed by atoms with van der Waals surface area (Å²) in [4.78, 5) is 0. The molecule has 8 heteroatoms. The van der Waals surface area contributed by atoms with E-state index in [0.29, 0.717) is 0 Å². The summed E-state index contributed by atoms with van der Waals surface area (Å²) in [7, 11) is -3.60. The summed E-state index contributed by atoms with van der Waals surface area (Å²) in [6.45, 7) is -0.384. The van der Waals surface area contributed by atoms with E-state index in [9.17, 15) is 21.6 Å². The van der Waals surface area contributed by atoms with E-state index in [0.717, 1.165) is 6.26 Å². The van der Waals surface area contributed by atoms with Gasteiger partial charge in [0.1, 0.15) is 0 Å². The van der Waals surface area contributed by atoms with Gasteiger partial charge in [0, 0.05) is 5.92 Å². The van der Waals surface area contributed by atoms with Crippen molar-refractivity contribution in [2.45, 2.75) is 18.7 Å². The number of rotatable bonds is 3. The summed E-state index contributed by atoms with van der Waals surface area (Å²) in [5.41, 5.74) is 0. The summed E-state index contributed by atoms with van der Waals surface area (Å²) >= 11 is 0. The third kappa shape index (κ3) is 4.35. The molecule has 0 spiro atoms. The number of hydrogen-bond acceptors (Lipinski definition) is 4. The molecule has 1 fully saturated rings. The van der Waals surface area contributed by atoms with Crippen LogP contribution in [0.3, 0.4) is 0 Å². The lowest BCUT2D eigenvalue weighted by Gasteiger charge is -2.13. The molecule has 4 nitrogen and oxygen atoms in total. The largest absolute Gasteiger partial charge is 0.414 e. The minimum Gasteiger partial charge on any atom is -0.368 e. The van der Waals surface area contributed by atoms with Crippen LogP contribution in [0, 0.1) is 5.92 Å². The lowest BCUT2D eigenvalue weighted by Crippen LogP contribution is -2.27. The van der Waals surface area contributed by atoms with Crippen molar-refractivity contribution in [1.82, 2.24) is 0 Å². The van der Waals surface area contributed by atoms with Crippen LogP contribution in [-0.2, 0) is 19.0 Å². The second kappa shape index (κ2) is 4.26. The fourth-order valence-corrected chi connectivity index (χ4v) is 1.69. The molecule has 2 atom stereocenters. The maximum Gasteiger partial charge on any atom is 0.414 e. The topological polar surface area (TPSA) is 52.6 Å². The van der Waals surface area contributed by atoms with Crippen LogP contribution in [0.1, 0.15) is 6.42 Å². The Morgan fingerprint density at radius 2 is 2.07 bits per heavy atom. The standard InChI is InChI=1S/C7H11F3O4S/c1-15(11,12)14-4-5-2-6(13-3-5)7(8,9)10/h5-6H,2-4H2,1H3. The van der Waals surface area contributed by atoms with Crippen molar-refractivity contribution in [3.8, 4) is 0 Å². The number of ether oxygens (including phenoxy) is 1. The van der Waals surface area contributed by atoms with Crippen LogP contribution in [0.5, 0.6) is 0 Å². The molecule has 90 valence electrons. The van der Waals surface area contributed by atoms with Crippen molar-refractivity contribution in [3.63, 3.8) is 0 Å². The quantitative estimate of drug-likeness (QED) is 0.697. The predicted molar refractivity (Wildman–Crippen MR) is 44.7 cm³/mol. The van der Waals surface area contributed by atoms with Gasteiger partial charge in [0.15, 0.2) is 6.10 Å². The van der Waals surface area contributed by atoms with E-state index in [2.05, 4.69) is 8.92 Å². The second-order valence-electron chi connectivity index (χ2n) is 3.45. The maximum absolute atomic E-state index is 12.1. The minimum absolute atomic E-state index is 0.125. The fourth-order valence-electron chi connectivity index (χ4n) is 1.26. The highest BCUT2D eigenvalue weighted by atomic mass is 32.2. The first-order valence-electron chi connectivity index (χ1n) is 4.21.